The van der Waals surface area contributed by atoms with Gasteiger partial charge in [-0.25, -0.2) is 0 Å². The average molecular weight is 706 g/mol. The lowest BCUT2D eigenvalue weighted by atomic mass is 9.51. The van der Waals surface area contributed by atoms with Crippen LogP contribution in [0.4, 0.5) is 0 Å². The molecular weight excluding hydrogens is 621 g/mol. The molecular formula is C47H84BNS. The summed E-state index contributed by atoms with van der Waals surface area (Å²) in [4.78, 5) is 0. The van der Waals surface area contributed by atoms with Gasteiger partial charge in [-0.05, 0) is 160 Å². The molecule has 3 heteroatoms. The molecule has 0 aromatic heterocycles. The summed E-state index contributed by atoms with van der Waals surface area (Å²) < 4.78 is 0. The van der Waals surface area contributed by atoms with Crippen LogP contribution in [0.25, 0.3) is 0 Å². The molecule has 0 aliphatic heterocycles. The van der Waals surface area contributed by atoms with Gasteiger partial charge >= 0.3 is 0 Å². The molecule has 0 heterocycles. The Bertz CT molecular complexity index is 996. The summed E-state index contributed by atoms with van der Waals surface area (Å²) in [5.74, 6) is 8.30. The zero-order valence-corrected chi connectivity index (χ0v) is 34.6. The van der Waals surface area contributed by atoms with Gasteiger partial charge in [-0.3, -0.25) is 0 Å². The van der Waals surface area contributed by atoms with Gasteiger partial charge in [0.25, 0.3) is 0 Å². The molecule has 6 fully saturated rings. The minimum absolute atomic E-state index is 0.325. The Balaban J connectivity index is 1.34. The van der Waals surface area contributed by atoms with Gasteiger partial charge in [0.2, 0.25) is 0 Å². The van der Waals surface area contributed by atoms with E-state index in [1.807, 2.05) is 0 Å². The van der Waals surface area contributed by atoms with E-state index >= 15 is 0 Å². The lowest BCUT2D eigenvalue weighted by Gasteiger charge is -2.51. The van der Waals surface area contributed by atoms with Crippen molar-refractivity contribution in [1.29, 1.82) is 0 Å². The van der Waals surface area contributed by atoms with Crippen molar-refractivity contribution in [3.05, 3.63) is 0 Å². The Hall–Kier alpha value is 0.375. The predicted octanol–water partition coefficient (Wildman–Crippen LogP) is 13.9. The fourth-order valence-electron chi connectivity index (χ4n) is 14.6. The third-order valence-corrected chi connectivity index (χ3v) is 18.5. The first-order chi connectivity index (χ1) is 24.2. The van der Waals surface area contributed by atoms with Crippen molar-refractivity contribution >= 4 is 20.5 Å². The number of rotatable bonds is 4. The van der Waals surface area contributed by atoms with Crippen molar-refractivity contribution in [2.45, 2.75) is 231 Å². The SMILES string of the molecule is [B]C(CC)C1(C)CCCCC1C1CCCC2(C3CCCCC3)CCCCC3CC(N)CCC(C3)C3CCCCC(C3)C(CC(S)C(C)CC1)C2. The lowest BCUT2D eigenvalue weighted by Crippen LogP contribution is -2.41. The summed E-state index contributed by atoms with van der Waals surface area (Å²) in [6, 6.07) is 0.455. The van der Waals surface area contributed by atoms with Crippen molar-refractivity contribution in [2.75, 3.05) is 0 Å². The minimum atomic E-state index is 0.325. The van der Waals surface area contributed by atoms with Gasteiger partial charge in [0.1, 0.15) is 0 Å². The average Bonchev–Trinajstić information content (AvgIpc) is 3.48. The van der Waals surface area contributed by atoms with Gasteiger partial charge in [0.05, 0.1) is 7.85 Å². The highest BCUT2D eigenvalue weighted by atomic mass is 32.1. The Kier molecular flexibility index (Phi) is 15.1. The number of hydrogen-bond donors (Lipinski definition) is 2. The van der Waals surface area contributed by atoms with Crippen molar-refractivity contribution < 1.29 is 0 Å². The van der Waals surface area contributed by atoms with E-state index < -0.39 is 0 Å². The van der Waals surface area contributed by atoms with Crippen molar-refractivity contribution in [2.24, 2.45) is 69.8 Å². The highest BCUT2D eigenvalue weighted by Crippen LogP contribution is 2.57. The van der Waals surface area contributed by atoms with Gasteiger partial charge in [-0.15, -0.1) is 0 Å². The molecule has 0 aromatic carbocycles. The van der Waals surface area contributed by atoms with E-state index in [4.69, 9.17) is 26.2 Å². The molecule has 2 radical (unpaired) electrons. The van der Waals surface area contributed by atoms with E-state index in [0.717, 1.165) is 53.8 Å². The van der Waals surface area contributed by atoms with Crippen LogP contribution in [0.3, 0.4) is 0 Å². The quantitative estimate of drug-likeness (QED) is 0.221. The van der Waals surface area contributed by atoms with Gasteiger partial charge in [-0.2, -0.15) is 12.6 Å². The first kappa shape index (κ1) is 40.0. The van der Waals surface area contributed by atoms with Gasteiger partial charge in [0.15, 0.2) is 0 Å². The maximum atomic E-state index is 7.06. The van der Waals surface area contributed by atoms with E-state index in [1.165, 1.54) is 180 Å². The van der Waals surface area contributed by atoms with E-state index in [-0.39, 0.29) is 0 Å². The fraction of sp³-hybridized carbons (Fsp3) is 1.00. The molecule has 6 rings (SSSR count). The first-order valence-corrected chi connectivity index (χ1v) is 23.9. The molecule has 0 saturated heterocycles. The Morgan fingerprint density at radius 2 is 1.24 bits per heavy atom. The van der Waals surface area contributed by atoms with Crippen molar-refractivity contribution in [1.82, 2.24) is 0 Å². The molecule has 6 aliphatic rings. The molecule has 6 bridgehead atoms. The fourth-order valence-corrected chi connectivity index (χ4v) is 15.0. The van der Waals surface area contributed by atoms with E-state index in [2.05, 4.69) is 20.8 Å². The van der Waals surface area contributed by atoms with Gasteiger partial charge in [-0.1, -0.05) is 123 Å². The summed E-state index contributed by atoms with van der Waals surface area (Å²) >= 11 is 5.64. The van der Waals surface area contributed by atoms with Crippen LogP contribution in [0.1, 0.15) is 213 Å². The van der Waals surface area contributed by atoms with E-state index in [1.54, 1.807) is 6.42 Å². The zero-order chi connectivity index (χ0) is 35.1. The van der Waals surface area contributed by atoms with Gasteiger partial charge < -0.3 is 5.73 Å². The largest absolute Gasteiger partial charge is 0.328 e. The molecule has 0 spiro atoms. The lowest BCUT2D eigenvalue weighted by molar-refractivity contribution is 0.0187. The van der Waals surface area contributed by atoms with E-state index in [0.29, 0.717) is 33.9 Å². The Morgan fingerprint density at radius 1 is 0.620 bits per heavy atom. The second kappa shape index (κ2) is 18.8. The van der Waals surface area contributed by atoms with Crippen LogP contribution in [0.5, 0.6) is 0 Å². The summed E-state index contributed by atoms with van der Waals surface area (Å²) in [7, 11) is 7.06. The molecule has 0 amide bonds. The highest BCUT2D eigenvalue weighted by Gasteiger charge is 2.46. The molecule has 13 unspecified atom stereocenters. The summed E-state index contributed by atoms with van der Waals surface area (Å²) in [6.45, 7) is 7.59. The molecule has 286 valence electrons. The van der Waals surface area contributed by atoms with Crippen LogP contribution in [0.2, 0.25) is 5.82 Å². The maximum absolute atomic E-state index is 7.06. The zero-order valence-electron chi connectivity index (χ0n) is 33.7. The number of thiol groups is 1. The third-order valence-electron chi connectivity index (χ3n) is 17.8. The summed E-state index contributed by atoms with van der Waals surface area (Å²) in [5, 5.41) is 0.553. The molecule has 13 atom stereocenters. The molecule has 0 aromatic rings. The minimum Gasteiger partial charge on any atom is -0.328 e. The van der Waals surface area contributed by atoms with Crippen LogP contribution < -0.4 is 5.73 Å². The monoisotopic (exact) mass is 706 g/mol. The topological polar surface area (TPSA) is 26.0 Å². The molecule has 6 aliphatic carbocycles. The smallest absolute Gasteiger partial charge is 0.0706 e. The summed E-state index contributed by atoms with van der Waals surface area (Å²) in [5.41, 5.74) is 7.71. The number of nitrogens with two attached hydrogens (primary N) is 1. The normalized spacial score (nSPS) is 45.9. The van der Waals surface area contributed by atoms with Crippen LogP contribution in [0, 0.1) is 64.1 Å². The predicted molar refractivity (Wildman–Crippen MR) is 222 cm³/mol. The Morgan fingerprint density at radius 3 is 2.02 bits per heavy atom. The van der Waals surface area contributed by atoms with Crippen LogP contribution >= 0.6 is 12.6 Å². The molecule has 2 N–H and O–H groups in total. The van der Waals surface area contributed by atoms with Crippen LogP contribution in [-0.2, 0) is 0 Å². The second-order valence-electron chi connectivity index (χ2n) is 20.8. The van der Waals surface area contributed by atoms with Crippen molar-refractivity contribution in [3.63, 3.8) is 0 Å². The number of hydrogen-bond acceptors (Lipinski definition) is 2. The van der Waals surface area contributed by atoms with Crippen LogP contribution in [-0.4, -0.2) is 19.1 Å². The highest BCUT2D eigenvalue weighted by molar-refractivity contribution is 7.81. The Labute approximate surface area is 319 Å². The molecule has 6 saturated carbocycles. The van der Waals surface area contributed by atoms with Crippen LogP contribution in [0.15, 0.2) is 0 Å². The van der Waals surface area contributed by atoms with Crippen molar-refractivity contribution in [3.8, 4) is 0 Å². The van der Waals surface area contributed by atoms with Gasteiger partial charge in [0, 0.05) is 11.3 Å². The summed E-state index contributed by atoms with van der Waals surface area (Å²) in [6.07, 6.45) is 43.4. The maximum Gasteiger partial charge on any atom is 0.0706 e. The molecule has 50 heavy (non-hydrogen) atoms. The molecule has 1 nitrogen and oxygen atoms in total. The van der Waals surface area contributed by atoms with E-state index in [9.17, 15) is 0 Å². The first-order valence-electron chi connectivity index (χ1n) is 23.4. The number of fused-ring (bicyclic) bond motifs is 8. The second-order valence-corrected chi connectivity index (χ2v) is 21.4. The standard InChI is InChI=1S/C47H84BNS/c1-4-45(48)46(3)26-12-11-21-43(46)36-18-14-28-47(41-19-6-5-7-20-41)27-13-10-15-35-29-39(24-25-42(49)30-35)37-16-8-9-17-38(31-37)40(33-47)32-44(50)34(2)22-23-36/h34-45,50H,4-33,49H2,1-3H3. The third kappa shape index (κ3) is 9.78.